The number of thioether (sulfide) groups is 2. The number of rotatable bonds is 1. The smallest absolute Gasteiger partial charge is 0.0785 e. The first-order valence-corrected chi connectivity index (χ1v) is 6.91. The molecule has 2 fully saturated rings. The maximum Gasteiger partial charge on any atom is 0.0785 e. The molecule has 0 unspecified atom stereocenters. The second-order valence-corrected chi connectivity index (χ2v) is 6.17. The highest BCUT2D eigenvalue weighted by atomic mass is 32.2. The molecule has 70 valence electrons. The minimum Gasteiger partial charge on any atom is -0.376 e. The van der Waals surface area contributed by atoms with Crippen LogP contribution < -0.4 is 0 Å². The summed E-state index contributed by atoms with van der Waals surface area (Å²) in [5.41, 5.74) is 0. The van der Waals surface area contributed by atoms with Gasteiger partial charge in [0, 0.05) is 6.61 Å². The molecule has 0 aromatic heterocycles. The average Bonchev–Trinajstić information content (AvgIpc) is 2.21. The normalized spacial score (nSPS) is 33.5. The van der Waals surface area contributed by atoms with Crippen molar-refractivity contribution in [2.75, 3.05) is 18.1 Å². The van der Waals surface area contributed by atoms with Crippen LogP contribution >= 0.6 is 23.5 Å². The van der Waals surface area contributed by atoms with Gasteiger partial charge in [-0.3, -0.25) is 0 Å². The minimum absolute atomic E-state index is 0.564. The van der Waals surface area contributed by atoms with E-state index in [4.69, 9.17) is 4.74 Å². The number of hydrogen-bond acceptors (Lipinski definition) is 3. The Morgan fingerprint density at radius 2 is 1.83 bits per heavy atom. The Bertz CT molecular complexity index is 112. The molecular formula is C9H16OS2. The second-order valence-electron chi connectivity index (χ2n) is 3.37. The Labute approximate surface area is 83.0 Å². The molecule has 12 heavy (non-hydrogen) atoms. The Balaban J connectivity index is 1.80. The van der Waals surface area contributed by atoms with E-state index in [0.29, 0.717) is 6.10 Å². The first kappa shape index (κ1) is 9.22. The van der Waals surface area contributed by atoms with Crippen molar-refractivity contribution in [1.29, 1.82) is 0 Å². The van der Waals surface area contributed by atoms with Crippen molar-refractivity contribution >= 4 is 23.5 Å². The molecule has 2 aliphatic heterocycles. The van der Waals surface area contributed by atoms with E-state index >= 15 is 0 Å². The van der Waals surface area contributed by atoms with E-state index in [2.05, 4.69) is 23.5 Å². The SMILES string of the molecule is C1CC[C@H](C2SCCCS2)OC1. The zero-order valence-electron chi connectivity index (χ0n) is 7.33. The summed E-state index contributed by atoms with van der Waals surface area (Å²) in [6.07, 6.45) is 5.90. The zero-order valence-corrected chi connectivity index (χ0v) is 8.96. The van der Waals surface area contributed by atoms with E-state index in [1.54, 1.807) is 0 Å². The molecule has 0 bridgehead atoms. The summed E-state index contributed by atoms with van der Waals surface area (Å²) in [7, 11) is 0. The van der Waals surface area contributed by atoms with Gasteiger partial charge in [0.25, 0.3) is 0 Å². The molecule has 0 spiro atoms. The van der Waals surface area contributed by atoms with Gasteiger partial charge in [-0.2, -0.15) is 0 Å². The Hall–Kier alpha value is 0.660. The van der Waals surface area contributed by atoms with E-state index in [1.165, 1.54) is 37.2 Å². The quantitative estimate of drug-likeness (QED) is 0.650. The van der Waals surface area contributed by atoms with Crippen LogP contribution in [-0.2, 0) is 4.74 Å². The summed E-state index contributed by atoms with van der Waals surface area (Å²) < 4.78 is 6.52. The third-order valence-electron chi connectivity index (χ3n) is 2.37. The van der Waals surface area contributed by atoms with Gasteiger partial charge in [-0.1, -0.05) is 0 Å². The molecule has 2 saturated heterocycles. The second kappa shape index (κ2) is 4.77. The summed E-state index contributed by atoms with van der Waals surface area (Å²) in [6.45, 7) is 1.00. The molecule has 0 aromatic carbocycles. The van der Waals surface area contributed by atoms with Crippen molar-refractivity contribution in [2.45, 2.75) is 36.4 Å². The molecule has 0 N–H and O–H groups in total. The summed E-state index contributed by atoms with van der Waals surface area (Å²) in [5, 5.41) is 0. The predicted octanol–water partition coefficient (Wildman–Crippen LogP) is 2.75. The van der Waals surface area contributed by atoms with Gasteiger partial charge in [0.2, 0.25) is 0 Å². The van der Waals surface area contributed by atoms with E-state index in [9.17, 15) is 0 Å². The van der Waals surface area contributed by atoms with E-state index < -0.39 is 0 Å². The molecule has 3 heteroatoms. The van der Waals surface area contributed by atoms with Crippen molar-refractivity contribution in [3.05, 3.63) is 0 Å². The molecule has 0 amide bonds. The topological polar surface area (TPSA) is 9.23 Å². The Morgan fingerprint density at radius 3 is 2.50 bits per heavy atom. The van der Waals surface area contributed by atoms with E-state index in [0.717, 1.165) is 11.2 Å². The van der Waals surface area contributed by atoms with Crippen LogP contribution in [0.3, 0.4) is 0 Å². The zero-order chi connectivity index (χ0) is 8.23. The van der Waals surface area contributed by atoms with Crippen LogP contribution in [-0.4, -0.2) is 28.8 Å². The van der Waals surface area contributed by atoms with Crippen molar-refractivity contribution in [3.63, 3.8) is 0 Å². The van der Waals surface area contributed by atoms with Gasteiger partial charge in [0.15, 0.2) is 0 Å². The van der Waals surface area contributed by atoms with Gasteiger partial charge in [0.05, 0.1) is 10.7 Å². The molecule has 0 aromatic rings. The van der Waals surface area contributed by atoms with Crippen molar-refractivity contribution in [3.8, 4) is 0 Å². The molecule has 0 saturated carbocycles. The van der Waals surface area contributed by atoms with Gasteiger partial charge >= 0.3 is 0 Å². The van der Waals surface area contributed by atoms with Crippen LogP contribution in [0.25, 0.3) is 0 Å². The first-order valence-electron chi connectivity index (χ1n) is 4.81. The first-order chi connectivity index (χ1) is 5.97. The highest BCUT2D eigenvalue weighted by Crippen LogP contribution is 2.36. The summed E-state index contributed by atoms with van der Waals surface area (Å²) in [5.74, 6) is 2.69. The van der Waals surface area contributed by atoms with E-state index in [-0.39, 0.29) is 0 Å². The fourth-order valence-electron chi connectivity index (χ4n) is 1.70. The minimum atomic E-state index is 0.564. The molecule has 2 heterocycles. The monoisotopic (exact) mass is 204 g/mol. The lowest BCUT2D eigenvalue weighted by Crippen LogP contribution is -2.29. The third-order valence-corrected chi connectivity index (χ3v) is 5.50. The Morgan fingerprint density at radius 1 is 1.00 bits per heavy atom. The summed E-state index contributed by atoms with van der Waals surface area (Å²) >= 11 is 4.22. The highest BCUT2D eigenvalue weighted by Gasteiger charge is 2.26. The van der Waals surface area contributed by atoms with Crippen LogP contribution in [0.4, 0.5) is 0 Å². The fraction of sp³-hybridized carbons (Fsp3) is 1.00. The van der Waals surface area contributed by atoms with Gasteiger partial charge in [-0.25, -0.2) is 0 Å². The number of ether oxygens (including phenoxy) is 1. The van der Waals surface area contributed by atoms with Crippen LogP contribution in [0.5, 0.6) is 0 Å². The van der Waals surface area contributed by atoms with Crippen molar-refractivity contribution < 1.29 is 4.74 Å². The summed E-state index contributed by atoms with van der Waals surface area (Å²) in [6, 6.07) is 0. The van der Waals surface area contributed by atoms with Crippen LogP contribution in [0.15, 0.2) is 0 Å². The van der Waals surface area contributed by atoms with Crippen LogP contribution in [0, 0.1) is 0 Å². The molecule has 2 aliphatic rings. The van der Waals surface area contributed by atoms with E-state index in [1.807, 2.05) is 0 Å². The van der Waals surface area contributed by atoms with Gasteiger partial charge in [0.1, 0.15) is 0 Å². The average molecular weight is 204 g/mol. The van der Waals surface area contributed by atoms with Crippen molar-refractivity contribution in [1.82, 2.24) is 0 Å². The molecule has 2 rings (SSSR count). The molecule has 0 aliphatic carbocycles. The molecular weight excluding hydrogens is 188 g/mol. The van der Waals surface area contributed by atoms with Crippen molar-refractivity contribution in [2.24, 2.45) is 0 Å². The predicted molar refractivity (Wildman–Crippen MR) is 56.9 cm³/mol. The lowest BCUT2D eigenvalue weighted by molar-refractivity contribution is 0.0268. The lowest BCUT2D eigenvalue weighted by Gasteiger charge is -2.31. The van der Waals surface area contributed by atoms with Gasteiger partial charge in [-0.05, 0) is 37.2 Å². The maximum atomic E-state index is 5.78. The molecule has 0 radical (unpaired) electrons. The molecule has 1 atom stereocenters. The fourth-order valence-corrected chi connectivity index (χ4v) is 4.79. The Kier molecular flexibility index (Phi) is 3.67. The van der Waals surface area contributed by atoms with Crippen LogP contribution in [0.2, 0.25) is 0 Å². The third kappa shape index (κ3) is 2.33. The highest BCUT2D eigenvalue weighted by molar-refractivity contribution is 8.17. The number of hydrogen-bond donors (Lipinski definition) is 0. The lowest BCUT2D eigenvalue weighted by atomic mass is 10.1. The maximum absolute atomic E-state index is 5.78. The summed E-state index contributed by atoms with van der Waals surface area (Å²) in [4.78, 5) is 0. The van der Waals surface area contributed by atoms with Gasteiger partial charge in [-0.15, -0.1) is 23.5 Å². The standard InChI is InChI=1S/C9H16OS2/c1-2-5-10-8(4-1)9-11-6-3-7-12-9/h8-9H,1-7H2/t8-/m1/s1. The molecule has 1 nitrogen and oxygen atoms in total. The largest absolute Gasteiger partial charge is 0.376 e. The van der Waals surface area contributed by atoms with Crippen LogP contribution in [0.1, 0.15) is 25.7 Å². The van der Waals surface area contributed by atoms with Gasteiger partial charge < -0.3 is 4.74 Å².